The van der Waals surface area contributed by atoms with Gasteiger partial charge in [0.25, 0.3) is 0 Å². The van der Waals surface area contributed by atoms with Crippen LogP contribution in [0.15, 0.2) is 42.5 Å². The molecule has 0 saturated heterocycles. The molecule has 0 heterocycles. The molecule has 22 heavy (non-hydrogen) atoms. The second-order valence-corrected chi connectivity index (χ2v) is 6.04. The van der Waals surface area contributed by atoms with Crippen LogP contribution in [0.2, 0.25) is 0 Å². The Hall–Kier alpha value is -1.89. The first-order valence-electron chi connectivity index (χ1n) is 6.68. The van der Waals surface area contributed by atoms with Gasteiger partial charge in [0.05, 0.1) is 6.42 Å². The van der Waals surface area contributed by atoms with Crippen molar-refractivity contribution >= 4 is 34.3 Å². The van der Waals surface area contributed by atoms with Crippen molar-refractivity contribution in [2.45, 2.75) is 20.0 Å². The zero-order chi connectivity index (χ0) is 16.1. The summed E-state index contributed by atoms with van der Waals surface area (Å²) < 4.78 is 6.55. The van der Waals surface area contributed by atoms with E-state index in [0.29, 0.717) is 17.9 Å². The van der Waals surface area contributed by atoms with Crippen LogP contribution in [0.3, 0.4) is 0 Å². The van der Waals surface area contributed by atoms with Crippen molar-refractivity contribution in [3.63, 3.8) is 0 Å². The number of carbonyl (C=O) groups is 2. The molecule has 0 aromatic heterocycles. The van der Waals surface area contributed by atoms with E-state index in [9.17, 15) is 9.59 Å². The standard InChI is InChI=1S/C17H15IO4/c1-11(19)15-6-5-14(9-16(15)18)22-10-13-4-2-3-12(7-13)8-17(20)21/h2-7,9H,8,10H2,1H3,(H,20,21). The third kappa shape index (κ3) is 4.56. The Morgan fingerprint density at radius 3 is 2.50 bits per heavy atom. The normalized spacial score (nSPS) is 10.3. The van der Waals surface area contributed by atoms with Gasteiger partial charge in [-0.15, -0.1) is 0 Å². The van der Waals surface area contributed by atoms with E-state index >= 15 is 0 Å². The lowest BCUT2D eigenvalue weighted by Gasteiger charge is -2.09. The Morgan fingerprint density at radius 2 is 1.86 bits per heavy atom. The fraction of sp³-hybridized carbons (Fsp3) is 0.176. The lowest BCUT2D eigenvalue weighted by atomic mass is 10.1. The summed E-state index contributed by atoms with van der Waals surface area (Å²) in [5.41, 5.74) is 2.33. The highest BCUT2D eigenvalue weighted by atomic mass is 127. The third-order valence-corrected chi connectivity index (χ3v) is 3.96. The van der Waals surface area contributed by atoms with Gasteiger partial charge in [-0.05, 0) is 58.8 Å². The molecule has 0 amide bonds. The van der Waals surface area contributed by atoms with E-state index in [1.165, 1.54) is 6.92 Å². The van der Waals surface area contributed by atoms with E-state index in [1.807, 2.05) is 24.3 Å². The van der Waals surface area contributed by atoms with Gasteiger partial charge in [0.15, 0.2) is 5.78 Å². The van der Waals surface area contributed by atoms with Crippen LogP contribution in [0.4, 0.5) is 0 Å². The van der Waals surface area contributed by atoms with Crippen LogP contribution >= 0.6 is 22.6 Å². The first-order chi connectivity index (χ1) is 10.5. The minimum absolute atomic E-state index is 0.000945. The maximum Gasteiger partial charge on any atom is 0.307 e. The number of Topliss-reactive ketones (excluding diaryl/α,β-unsaturated/α-hetero) is 1. The molecule has 2 rings (SSSR count). The number of hydrogen-bond acceptors (Lipinski definition) is 3. The SMILES string of the molecule is CC(=O)c1ccc(OCc2cccc(CC(=O)O)c2)cc1I. The Balaban J connectivity index is 2.05. The first kappa shape index (κ1) is 16.5. The van der Waals surface area contributed by atoms with Crippen LogP contribution in [0.5, 0.6) is 5.75 Å². The molecule has 0 bridgehead atoms. The van der Waals surface area contributed by atoms with Gasteiger partial charge < -0.3 is 9.84 Å². The van der Waals surface area contributed by atoms with Gasteiger partial charge in [0.1, 0.15) is 12.4 Å². The maximum absolute atomic E-state index is 11.4. The minimum atomic E-state index is -0.854. The maximum atomic E-state index is 11.4. The quantitative estimate of drug-likeness (QED) is 0.583. The smallest absolute Gasteiger partial charge is 0.307 e. The molecule has 0 unspecified atom stereocenters. The molecule has 1 N–H and O–H groups in total. The Morgan fingerprint density at radius 1 is 1.14 bits per heavy atom. The highest BCUT2D eigenvalue weighted by Crippen LogP contribution is 2.21. The number of aliphatic carboxylic acids is 1. The molecule has 114 valence electrons. The van der Waals surface area contributed by atoms with Crippen LogP contribution in [0.1, 0.15) is 28.4 Å². The predicted molar refractivity (Wildman–Crippen MR) is 91.3 cm³/mol. The van der Waals surface area contributed by atoms with E-state index < -0.39 is 5.97 Å². The zero-order valence-electron chi connectivity index (χ0n) is 12.0. The van der Waals surface area contributed by atoms with E-state index in [2.05, 4.69) is 22.6 Å². The van der Waals surface area contributed by atoms with Gasteiger partial charge in [-0.25, -0.2) is 0 Å². The topological polar surface area (TPSA) is 63.6 Å². The van der Waals surface area contributed by atoms with Gasteiger partial charge in [-0.3, -0.25) is 9.59 Å². The summed E-state index contributed by atoms with van der Waals surface area (Å²) in [6, 6.07) is 12.6. The van der Waals surface area contributed by atoms with Gasteiger partial charge >= 0.3 is 5.97 Å². The number of rotatable bonds is 6. The lowest BCUT2D eigenvalue weighted by molar-refractivity contribution is -0.136. The molecule has 0 aliphatic heterocycles. The molecule has 0 atom stereocenters. The van der Waals surface area contributed by atoms with Crippen LogP contribution in [-0.4, -0.2) is 16.9 Å². The fourth-order valence-electron chi connectivity index (χ4n) is 2.04. The Labute approximate surface area is 142 Å². The minimum Gasteiger partial charge on any atom is -0.489 e. The van der Waals surface area contributed by atoms with Crippen molar-refractivity contribution in [3.05, 3.63) is 62.7 Å². The Bertz CT molecular complexity index is 710. The summed E-state index contributed by atoms with van der Waals surface area (Å²) in [4.78, 5) is 22.1. The summed E-state index contributed by atoms with van der Waals surface area (Å²) in [7, 11) is 0. The molecule has 0 spiro atoms. The number of hydrogen-bond donors (Lipinski definition) is 1. The number of carbonyl (C=O) groups excluding carboxylic acids is 1. The summed E-state index contributed by atoms with van der Waals surface area (Å²) in [5, 5.41) is 8.81. The Kier molecular flexibility index (Phi) is 5.54. The van der Waals surface area contributed by atoms with Crippen LogP contribution in [-0.2, 0) is 17.8 Å². The molecule has 5 heteroatoms. The number of carboxylic acid groups (broad SMARTS) is 1. The lowest BCUT2D eigenvalue weighted by Crippen LogP contribution is -2.02. The zero-order valence-corrected chi connectivity index (χ0v) is 14.2. The predicted octanol–water partition coefficient (Wildman–Crippen LogP) is 3.70. The molecular weight excluding hydrogens is 395 g/mol. The highest BCUT2D eigenvalue weighted by molar-refractivity contribution is 14.1. The van der Waals surface area contributed by atoms with E-state index in [-0.39, 0.29) is 12.2 Å². The van der Waals surface area contributed by atoms with E-state index in [0.717, 1.165) is 14.7 Å². The van der Waals surface area contributed by atoms with Crippen molar-refractivity contribution in [2.24, 2.45) is 0 Å². The van der Waals surface area contributed by atoms with Crippen molar-refractivity contribution in [1.82, 2.24) is 0 Å². The third-order valence-electron chi connectivity index (χ3n) is 3.07. The van der Waals surface area contributed by atoms with E-state index in [4.69, 9.17) is 9.84 Å². The molecule has 0 aliphatic rings. The van der Waals surface area contributed by atoms with Crippen LogP contribution < -0.4 is 4.74 Å². The van der Waals surface area contributed by atoms with Gasteiger partial charge in [0, 0.05) is 9.13 Å². The van der Waals surface area contributed by atoms with Crippen molar-refractivity contribution in [1.29, 1.82) is 0 Å². The van der Waals surface area contributed by atoms with Gasteiger partial charge in [-0.2, -0.15) is 0 Å². The molecular formula is C17H15IO4. The van der Waals surface area contributed by atoms with E-state index in [1.54, 1.807) is 18.2 Å². The van der Waals surface area contributed by atoms with Crippen molar-refractivity contribution in [3.8, 4) is 5.75 Å². The largest absolute Gasteiger partial charge is 0.489 e. The molecule has 2 aromatic carbocycles. The summed E-state index contributed by atoms with van der Waals surface area (Å²) in [6.45, 7) is 1.88. The summed E-state index contributed by atoms with van der Waals surface area (Å²) in [5.74, 6) is -0.150. The number of ether oxygens (including phenoxy) is 1. The van der Waals surface area contributed by atoms with Crippen LogP contribution in [0, 0.1) is 3.57 Å². The van der Waals surface area contributed by atoms with Gasteiger partial charge in [0.2, 0.25) is 0 Å². The average molecular weight is 410 g/mol. The van der Waals surface area contributed by atoms with Crippen molar-refractivity contribution < 1.29 is 19.4 Å². The second kappa shape index (κ2) is 7.40. The number of carboxylic acids is 1. The van der Waals surface area contributed by atoms with Crippen LogP contribution in [0.25, 0.3) is 0 Å². The summed E-state index contributed by atoms with van der Waals surface area (Å²) in [6.07, 6.45) is -0.000945. The summed E-state index contributed by atoms with van der Waals surface area (Å²) >= 11 is 2.11. The number of benzene rings is 2. The first-order valence-corrected chi connectivity index (χ1v) is 7.76. The highest BCUT2D eigenvalue weighted by Gasteiger charge is 2.07. The number of halogens is 1. The van der Waals surface area contributed by atoms with Crippen molar-refractivity contribution in [2.75, 3.05) is 0 Å². The number of ketones is 1. The average Bonchev–Trinajstić information content (AvgIpc) is 2.44. The monoisotopic (exact) mass is 410 g/mol. The van der Waals surface area contributed by atoms with Gasteiger partial charge in [-0.1, -0.05) is 24.3 Å². The second-order valence-electron chi connectivity index (χ2n) is 4.88. The molecule has 0 saturated carbocycles. The fourth-order valence-corrected chi connectivity index (χ4v) is 2.91. The molecule has 4 nitrogen and oxygen atoms in total. The molecule has 2 aromatic rings. The molecule has 0 aliphatic carbocycles. The molecule has 0 fully saturated rings. The molecule has 0 radical (unpaired) electrons.